The predicted molar refractivity (Wildman–Crippen MR) is 74.1 cm³/mol. The van der Waals surface area contributed by atoms with Crippen LogP contribution >= 0.6 is 0 Å². The minimum absolute atomic E-state index is 0. The monoisotopic (exact) mass is 402 g/mol. The van der Waals surface area contributed by atoms with Crippen LogP contribution in [0.1, 0.15) is 16.8 Å². The van der Waals surface area contributed by atoms with Gasteiger partial charge in [0.15, 0.2) is 0 Å². The van der Waals surface area contributed by atoms with Gasteiger partial charge in [-0.2, -0.15) is 0 Å². The molecule has 105 valence electrons. The first-order valence-electron chi connectivity index (χ1n) is 5.75. The largest absolute Gasteiger partial charge is 3.00 e. The van der Waals surface area contributed by atoms with Gasteiger partial charge >= 0.3 is 26.2 Å². The number of halogens is 2. The molecule has 0 unspecified atom stereocenters. The molecule has 1 aliphatic rings. The van der Waals surface area contributed by atoms with Crippen molar-refractivity contribution in [2.45, 2.75) is 19.5 Å². The van der Waals surface area contributed by atoms with Crippen LogP contribution in [0.3, 0.4) is 0 Å². The fourth-order valence-corrected chi connectivity index (χ4v) is 5.18. The fourth-order valence-electron chi connectivity index (χ4n) is 2.31. The second-order valence-electron chi connectivity index (χ2n) is 4.82. The average molecular weight is 405 g/mol. The molecule has 0 spiro atoms. The summed E-state index contributed by atoms with van der Waals surface area (Å²) in [6.07, 6.45) is 7.38. The van der Waals surface area contributed by atoms with Gasteiger partial charge in [0, 0.05) is 0 Å². The van der Waals surface area contributed by atoms with E-state index in [2.05, 4.69) is 31.3 Å². The number of rotatable bonds is 3. The summed E-state index contributed by atoms with van der Waals surface area (Å²) in [5.74, 6) is -0.576. The number of carbonyl (C=O) groups is 1. The maximum absolute atomic E-state index is 11.4. The summed E-state index contributed by atoms with van der Waals surface area (Å²) in [7, 11) is -1.80. The van der Waals surface area contributed by atoms with E-state index >= 15 is 0 Å². The average Bonchev–Trinajstić information content (AvgIpc) is 2.83. The quantitative estimate of drug-likeness (QED) is 0.503. The van der Waals surface area contributed by atoms with Crippen molar-refractivity contribution >= 4 is 19.2 Å². The number of allylic oxidation sites excluding steroid dienone is 4. The van der Waals surface area contributed by atoms with Crippen molar-refractivity contribution < 1.29 is 55.8 Å². The molecule has 1 radical (unpaired) electrons. The van der Waals surface area contributed by atoms with Crippen molar-refractivity contribution in [3.63, 3.8) is 0 Å². The van der Waals surface area contributed by atoms with E-state index in [0.29, 0.717) is 5.56 Å². The minimum Gasteiger partial charge on any atom is -1.00 e. The van der Waals surface area contributed by atoms with E-state index in [9.17, 15) is 4.79 Å². The molecule has 0 fully saturated rings. The van der Waals surface area contributed by atoms with Gasteiger partial charge in [0.25, 0.3) is 0 Å². The van der Waals surface area contributed by atoms with E-state index < -0.39 is 14.0 Å². The molecule has 1 N–H and O–H groups in total. The molecule has 0 saturated carbocycles. The fraction of sp³-hybridized carbons (Fsp3) is 0.214. The Morgan fingerprint density at radius 2 is 1.80 bits per heavy atom. The van der Waals surface area contributed by atoms with Crippen molar-refractivity contribution in [1.29, 1.82) is 0 Å². The third-order valence-corrected chi connectivity index (χ3v) is 7.18. The summed E-state index contributed by atoms with van der Waals surface area (Å²) in [6, 6.07) is 7.56. The van der Waals surface area contributed by atoms with Gasteiger partial charge in [-0.1, -0.05) is 60.8 Å². The van der Waals surface area contributed by atoms with Gasteiger partial charge in [-0.3, -0.25) is 0 Å². The molecule has 0 saturated heterocycles. The number of hydrogen-bond donors (Lipinski definition) is 0. The Balaban J connectivity index is 0. The van der Waals surface area contributed by atoms with Gasteiger partial charge in [-0.25, -0.2) is 0 Å². The van der Waals surface area contributed by atoms with Gasteiger partial charge in [-0.15, -0.1) is 0 Å². The summed E-state index contributed by atoms with van der Waals surface area (Å²) in [4.78, 5) is 11.4. The zero-order valence-corrected chi connectivity index (χ0v) is 16.4. The second kappa shape index (κ2) is 8.99. The molecule has 20 heavy (non-hydrogen) atoms. The molecular weight excluding hydrogens is 388 g/mol. The number of hydrogen-bond acceptors (Lipinski definition) is 1. The standard InChI is InChI=1S/C14H17NOSi.2ClH.Zr/c1-17(2,11-7-3-4-8-11)13-10-6-5-9-12(13)14(15)16;;;/h3-7,9-10H,8H2,1-2H3,(H2,15,16);2*1H;/q;;;+3/p-3. The summed E-state index contributed by atoms with van der Waals surface area (Å²) >= 11 is 0. The van der Waals surface area contributed by atoms with E-state index in [0.717, 1.165) is 11.6 Å². The smallest absolute Gasteiger partial charge is 1.00 e. The maximum atomic E-state index is 11.4. The SMILES string of the molecule is C[Si](C)(C1=CC=CC1)c1ccccc1C([NH-])=O.[Cl-].[Cl-].[Zr+3]. The molecule has 2 rings (SSSR count). The number of amides is 1. The van der Waals surface area contributed by atoms with Crippen molar-refractivity contribution in [2.24, 2.45) is 0 Å². The van der Waals surface area contributed by atoms with Crippen molar-refractivity contribution in [1.82, 2.24) is 0 Å². The molecule has 1 aromatic carbocycles. The van der Waals surface area contributed by atoms with E-state index in [1.54, 1.807) is 6.07 Å². The van der Waals surface area contributed by atoms with Crippen LogP contribution in [-0.4, -0.2) is 14.0 Å². The van der Waals surface area contributed by atoms with Crippen LogP contribution in [-0.2, 0) is 26.2 Å². The Labute approximate surface area is 152 Å². The summed E-state index contributed by atoms with van der Waals surface area (Å²) in [5, 5.41) is 2.50. The first kappa shape index (κ1) is 22.1. The molecular formula is C14H16Cl2NOSiZr. The summed E-state index contributed by atoms with van der Waals surface area (Å²) in [6.45, 7) is 4.49. The van der Waals surface area contributed by atoms with E-state index in [1.165, 1.54) is 5.20 Å². The molecule has 0 aliphatic heterocycles. The topological polar surface area (TPSA) is 40.9 Å². The van der Waals surface area contributed by atoms with Gasteiger partial charge in [0.05, 0.1) is 5.91 Å². The first-order valence-corrected chi connectivity index (χ1v) is 8.75. The third-order valence-electron chi connectivity index (χ3n) is 3.42. The van der Waals surface area contributed by atoms with Crippen LogP contribution in [0.5, 0.6) is 0 Å². The van der Waals surface area contributed by atoms with Crippen molar-refractivity contribution in [2.75, 3.05) is 0 Å². The van der Waals surface area contributed by atoms with Gasteiger partial charge in [-0.05, 0) is 17.2 Å². The Hall–Kier alpha value is -0.150. The molecule has 0 aromatic heterocycles. The predicted octanol–water partition coefficient (Wildman–Crippen LogP) is -2.77. The zero-order valence-electron chi connectivity index (χ0n) is 11.4. The third kappa shape index (κ3) is 4.42. The molecule has 6 heteroatoms. The zero-order chi connectivity index (χ0) is 12.5. The van der Waals surface area contributed by atoms with Crippen molar-refractivity contribution in [3.8, 4) is 0 Å². The summed E-state index contributed by atoms with van der Waals surface area (Å²) in [5.41, 5.74) is 7.93. The Morgan fingerprint density at radius 3 is 2.30 bits per heavy atom. The second-order valence-corrected chi connectivity index (χ2v) is 9.25. The van der Waals surface area contributed by atoms with Gasteiger partial charge < -0.3 is 35.3 Å². The maximum Gasteiger partial charge on any atom is 3.00 e. The van der Waals surface area contributed by atoms with E-state index in [-0.39, 0.29) is 51.0 Å². The number of nitrogens with one attached hydrogen (secondary N) is 1. The number of benzene rings is 1. The number of carbonyl (C=O) groups excluding carboxylic acids is 1. The van der Waals surface area contributed by atoms with Crippen molar-refractivity contribution in [3.05, 3.63) is 59.0 Å². The van der Waals surface area contributed by atoms with E-state index in [1.807, 2.05) is 18.2 Å². The molecule has 1 aromatic rings. The molecule has 0 atom stereocenters. The first-order chi connectivity index (χ1) is 8.03. The molecule has 0 bridgehead atoms. The van der Waals surface area contributed by atoms with Gasteiger partial charge in [0.1, 0.15) is 8.07 Å². The van der Waals surface area contributed by atoms with Crippen LogP contribution in [0.4, 0.5) is 0 Å². The van der Waals surface area contributed by atoms with E-state index in [4.69, 9.17) is 5.73 Å². The van der Waals surface area contributed by atoms with Crippen LogP contribution in [0, 0.1) is 0 Å². The minimum atomic E-state index is -1.80. The Bertz CT molecular complexity index is 530. The molecule has 1 aliphatic carbocycles. The van der Waals surface area contributed by atoms with Crippen LogP contribution in [0.2, 0.25) is 13.1 Å². The molecule has 1 amide bonds. The van der Waals surface area contributed by atoms with Crippen LogP contribution in [0.15, 0.2) is 47.7 Å². The Kier molecular flexibility index (Phi) is 9.95. The Morgan fingerprint density at radius 1 is 1.20 bits per heavy atom. The normalized spacial score (nSPS) is 12.6. The van der Waals surface area contributed by atoms with Gasteiger partial charge in [0.2, 0.25) is 0 Å². The molecule has 2 nitrogen and oxygen atoms in total. The van der Waals surface area contributed by atoms with Crippen LogP contribution < -0.4 is 30.0 Å². The summed E-state index contributed by atoms with van der Waals surface area (Å²) < 4.78 is 0. The van der Waals surface area contributed by atoms with Crippen LogP contribution in [0.25, 0.3) is 5.73 Å². The molecule has 0 heterocycles.